The van der Waals surface area contributed by atoms with E-state index in [0.29, 0.717) is 0 Å². The average Bonchev–Trinajstić information content (AvgIpc) is 2.85. The Kier molecular flexibility index (Phi) is 39.0. The van der Waals surface area contributed by atoms with Crippen LogP contribution in [0.4, 0.5) is 0 Å². The van der Waals surface area contributed by atoms with Gasteiger partial charge in [0, 0.05) is 12.8 Å². The molecule has 0 heterocycles. The zero-order chi connectivity index (χ0) is 29.3. The molecule has 0 bridgehead atoms. The van der Waals surface area contributed by atoms with Gasteiger partial charge >= 0.3 is 0 Å². The van der Waals surface area contributed by atoms with Crippen LogP contribution in [0, 0.1) is 0 Å². The maximum Gasteiger partial charge on any atom is 0.0836 e. The lowest BCUT2D eigenvalue weighted by Crippen LogP contribution is -3.00. The van der Waals surface area contributed by atoms with Gasteiger partial charge in [-0.3, -0.25) is 0 Å². The van der Waals surface area contributed by atoms with Crippen LogP contribution in [0.2, 0.25) is 0 Å². The SMILES string of the molecule is CCCCCCCCCCCC[N+](C)(C)CCC[N+](C)(C)CCC[N+](C)(C)CCCCCCCCCCCC.[Br-].[Br-].[I-]. The van der Waals surface area contributed by atoms with Crippen molar-refractivity contribution in [2.45, 2.75) is 155 Å². The summed E-state index contributed by atoms with van der Waals surface area (Å²) in [4.78, 5) is 0. The van der Waals surface area contributed by atoms with Gasteiger partial charge in [-0.05, 0) is 25.7 Å². The highest BCUT2D eigenvalue weighted by molar-refractivity contribution is 4.50. The molecular formula is C36H80Br2IN3. The molecule has 0 aliphatic carbocycles. The Morgan fingerprint density at radius 1 is 0.262 bits per heavy atom. The van der Waals surface area contributed by atoms with Crippen LogP contribution >= 0.6 is 0 Å². The third kappa shape index (κ3) is 36.0. The minimum atomic E-state index is 0. The van der Waals surface area contributed by atoms with Gasteiger partial charge < -0.3 is 71.4 Å². The van der Waals surface area contributed by atoms with Gasteiger partial charge in [0.25, 0.3) is 0 Å². The largest absolute Gasteiger partial charge is 1.00 e. The Balaban J connectivity index is -0.00000241. The number of unbranched alkanes of at least 4 members (excludes halogenated alkanes) is 18. The topological polar surface area (TPSA) is 0 Å². The average molecular weight is 842 g/mol. The monoisotopic (exact) mass is 839 g/mol. The number of quaternary nitrogens is 3. The highest BCUT2D eigenvalue weighted by Gasteiger charge is 2.21. The minimum absolute atomic E-state index is 0. The first-order valence-corrected chi connectivity index (χ1v) is 18.0. The fourth-order valence-corrected chi connectivity index (χ4v) is 6.24. The first-order chi connectivity index (χ1) is 18.5. The van der Waals surface area contributed by atoms with Crippen LogP contribution < -0.4 is 57.9 Å². The van der Waals surface area contributed by atoms with Gasteiger partial charge in [-0.15, -0.1) is 0 Å². The highest BCUT2D eigenvalue weighted by atomic mass is 127. The molecule has 0 aromatic carbocycles. The summed E-state index contributed by atoms with van der Waals surface area (Å²) < 4.78 is 3.61. The molecule has 42 heavy (non-hydrogen) atoms. The quantitative estimate of drug-likeness (QED) is 0.0573. The molecular weight excluding hydrogens is 761 g/mol. The smallest absolute Gasteiger partial charge is 0.0836 e. The second-order valence-electron chi connectivity index (χ2n) is 15.2. The van der Waals surface area contributed by atoms with E-state index in [1.165, 1.54) is 194 Å². The summed E-state index contributed by atoms with van der Waals surface area (Å²) in [6, 6.07) is 0. The summed E-state index contributed by atoms with van der Waals surface area (Å²) in [5, 5.41) is 0. The molecule has 0 amide bonds. The van der Waals surface area contributed by atoms with Crippen molar-refractivity contribution in [2.75, 3.05) is 81.6 Å². The van der Waals surface area contributed by atoms with Crippen LogP contribution in [0.5, 0.6) is 0 Å². The Hall–Kier alpha value is 1.57. The summed E-state index contributed by atoms with van der Waals surface area (Å²) in [5.41, 5.74) is 0. The molecule has 0 aliphatic rings. The van der Waals surface area contributed by atoms with Crippen molar-refractivity contribution in [1.29, 1.82) is 0 Å². The molecule has 3 nitrogen and oxygen atoms in total. The van der Waals surface area contributed by atoms with E-state index in [-0.39, 0.29) is 57.9 Å². The van der Waals surface area contributed by atoms with Crippen LogP contribution in [-0.2, 0) is 0 Å². The second-order valence-corrected chi connectivity index (χ2v) is 15.2. The summed E-state index contributed by atoms with van der Waals surface area (Å²) in [6.45, 7) is 12.6. The van der Waals surface area contributed by atoms with Gasteiger partial charge in [0.1, 0.15) is 0 Å². The van der Waals surface area contributed by atoms with Gasteiger partial charge in [0.2, 0.25) is 0 Å². The van der Waals surface area contributed by atoms with Crippen molar-refractivity contribution in [3.63, 3.8) is 0 Å². The zero-order valence-corrected chi connectivity index (χ0v) is 35.6. The standard InChI is InChI=1S/C36H80N3.2BrH.HI/c1-9-11-13-15-17-19-21-23-25-27-31-37(3,4)33-29-35-39(7,8)36-30-34-38(5,6)32-28-26-24-22-20-18-16-14-12-10-2;;;/h9-36H2,1-8H3;3*1H/q+3;;;/p-3. The number of halogens is 3. The summed E-state index contributed by atoms with van der Waals surface area (Å²) in [5.74, 6) is 0. The fraction of sp³-hybridized carbons (Fsp3) is 1.00. The highest BCUT2D eigenvalue weighted by Crippen LogP contribution is 2.14. The number of hydrogen-bond acceptors (Lipinski definition) is 0. The number of nitrogens with zero attached hydrogens (tertiary/aromatic N) is 3. The van der Waals surface area contributed by atoms with E-state index in [1.54, 1.807) is 0 Å². The van der Waals surface area contributed by atoms with Crippen LogP contribution in [0.15, 0.2) is 0 Å². The van der Waals surface area contributed by atoms with Gasteiger partial charge in [0.05, 0.1) is 81.6 Å². The van der Waals surface area contributed by atoms with Crippen LogP contribution in [0.3, 0.4) is 0 Å². The van der Waals surface area contributed by atoms with Crippen molar-refractivity contribution < 1.29 is 71.4 Å². The lowest BCUT2D eigenvalue weighted by atomic mass is 10.1. The normalized spacial score (nSPS) is 12.0. The van der Waals surface area contributed by atoms with E-state index in [2.05, 4.69) is 56.1 Å². The molecule has 0 aromatic rings. The molecule has 0 aliphatic heterocycles. The fourth-order valence-electron chi connectivity index (χ4n) is 6.24. The molecule has 0 N–H and O–H groups in total. The van der Waals surface area contributed by atoms with Crippen molar-refractivity contribution >= 4 is 0 Å². The van der Waals surface area contributed by atoms with E-state index >= 15 is 0 Å². The molecule has 0 saturated carbocycles. The van der Waals surface area contributed by atoms with Crippen LogP contribution in [-0.4, -0.2) is 95.0 Å². The molecule has 260 valence electrons. The Labute approximate surface area is 306 Å². The summed E-state index contributed by atoms with van der Waals surface area (Å²) in [7, 11) is 14.8. The Morgan fingerprint density at radius 3 is 0.643 bits per heavy atom. The third-order valence-electron chi connectivity index (χ3n) is 9.29. The summed E-state index contributed by atoms with van der Waals surface area (Å²) in [6.07, 6.45) is 31.5. The van der Waals surface area contributed by atoms with Gasteiger partial charge in [0.15, 0.2) is 0 Å². The third-order valence-corrected chi connectivity index (χ3v) is 9.29. The lowest BCUT2D eigenvalue weighted by Gasteiger charge is -2.35. The maximum atomic E-state index is 2.46. The van der Waals surface area contributed by atoms with E-state index in [9.17, 15) is 0 Å². The minimum Gasteiger partial charge on any atom is -1.00 e. The van der Waals surface area contributed by atoms with Crippen molar-refractivity contribution in [1.82, 2.24) is 0 Å². The summed E-state index contributed by atoms with van der Waals surface area (Å²) >= 11 is 0. The van der Waals surface area contributed by atoms with Crippen molar-refractivity contribution in [2.24, 2.45) is 0 Å². The Bertz CT molecular complexity index is 486. The Morgan fingerprint density at radius 2 is 0.429 bits per heavy atom. The maximum absolute atomic E-state index is 2.46. The molecule has 0 unspecified atom stereocenters. The molecule has 0 radical (unpaired) electrons. The first-order valence-electron chi connectivity index (χ1n) is 18.0. The van der Waals surface area contributed by atoms with Gasteiger partial charge in [-0.25, -0.2) is 0 Å². The zero-order valence-electron chi connectivity index (χ0n) is 30.3. The van der Waals surface area contributed by atoms with Crippen molar-refractivity contribution in [3.05, 3.63) is 0 Å². The molecule has 0 saturated heterocycles. The molecule has 0 spiro atoms. The predicted octanol–water partition coefficient (Wildman–Crippen LogP) is 0.850. The predicted molar refractivity (Wildman–Crippen MR) is 178 cm³/mol. The van der Waals surface area contributed by atoms with Crippen LogP contribution in [0.25, 0.3) is 0 Å². The van der Waals surface area contributed by atoms with E-state index in [1.807, 2.05) is 0 Å². The van der Waals surface area contributed by atoms with Gasteiger partial charge in [-0.2, -0.15) is 0 Å². The second kappa shape index (κ2) is 32.5. The molecule has 0 fully saturated rings. The van der Waals surface area contributed by atoms with E-state index in [0.717, 1.165) is 0 Å². The number of rotatable bonds is 30. The lowest BCUT2D eigenvalue weighted by molar-refractivity contribution is -0.917. The van der Waals surface area contributed by atoms with E-state index < -0.39 is 0 Å². The van der Waals surface area contributed by atoms with Gasteiger partial charge in [-0.1, -0.05) is 117 Å². The molecule has 0 rings (SSSR count). The van der Waals surface area contributed by atoms with E-state index in [4.69, 9.17) is 0 Å². The number of hydrogen-bond donors (Lipinski definition) is 0. The molecule has 0 atom stereocenters. The molecule has 6 heteroatoms. The first kappa shape index (κ1) is 50.4. The van der Waals surface area contributed by atoms with Crippen LogP contribution in [0.1, 0.15) is 155 Å². The molecule has 0 aromatic heterocycles. The van der Waals surface area contributed by atoms with Crippen molar-refractivity contribution in [3.8, 4) is 0 Å².